The van der Waals surface area contributed by atoms with Crippen molar-refractivity contribution in [3.05, 3.63) is 29.3 Å². The van der Waals surface area contributed by atoms with Gasteiger partial charge in [0.1, 0.15) is 0 Å². The fourth-order valence-corrected chi connectivity index (χ4v) is 5.12. The standard InChI is InChI=1S/C20H27N3O3S/c24-9-1-2-16-13-23(6-5-18(16)22-7-10-26-11-8-22)20(25)15-3-4-17-19(12-15)27-14-21-17/h3-4,12,14,16,18,24H,1-2,5-11,13H2/t16-,18+/m1/s1. The zero-order valence-corrected chi connectivity index (χ0v) is 16.4. The van der Waals surface area contributed by atoms with Gasteiger partial charge in [0.25, 0.3) is 5.91 Å². The molecule has 0 saturated carbocycles. The van der Waals surface area contributed by atoms with Crippen LogP contribution in [0, 0.1) is 5.92 Å². The molecule has 0 bridgehead atoms. The molecular formula is C20H27N3O3S. The highest BCUT2D eigenvalue weighted by atomic mass is 32.1. The van der Waals surface area contributed by atoms with Gasteiger partial charge in [-0.05, 0) is 43.4 Å². The number of carbonyl (C=O) groups is 1. The predicted molar refractivity (Wildman–Crippen MR) is 106 cm³/mol. The van der Waals surface area contributed by atoms with Gasteiger partial charge in [0.2, 0.25) is 0 Å². The van der Waals surface area contributed by atoms with Crippen molar-refractivity contribution < 1.29 is 14.6 Å². The highest BCUT2D eigenvalue weighted by Gasteiger charge is 2.35. The molecule has 1 aromatic heterocycles. The molecule has 1 N–H and O–H groups in total. The molecule has 1 aromatic carbocycles. The summed E-state index contributed by atoms with van der Waals surface area (Å²) in [6.45, 7) is 5.29. The van der Waals surface area contributed by atoms with Crippen LogP contribution in [0.25, 0.3) is 10.2 Å². The van der Waals surface area contributed by atoms with Crippen molar-refractivity contribution in [2.75, 3.05) is 46.0 Å². The molecule has 2 aliphatic heterocycles. The number of morpholine rings is 1. The first-order chi connectivity index (χ1) is 13.3. The fourth-order valence-electron chi connectivity index (χ4n) is 4.40. The Kier molecular flexibility index (Phi) is 6.02. The number of rotatable bonds is 5. The predicted octanol–water partition coefficient (Wildman–Crippen LogP) is 2.23. The van der Waals surface area contributed by atoms with Crippen LogP contribution in [0.4, 0.5) is 0 Å². The third kappa shape index (κ3) is 4.16. The number of hydrogen-bond acceptors (Lipinski definition) is 6. The van der Waals surface area contributed by atoms with Crippen LogP contribution in [0.3, 0.4) is 0 Å². The van der Waals surface area contributed by atoms with E-state index >= 15 is 0 Å². The Labute approximate surface area is 163 Å². The molecule has 0 unspecified atom stereocenters. The first-order valence-corrected chi connectivity index (χ1v) is 10.7. The van der Waals surface area contributed by atoms with Crippen molar-refractivity contribution in [1.82, 2.24) is 14.8 Å². The van der Waals surface area contributed by atoms with Gasteiger partial charge < -0.3 is 14.7 Å². The maximum Gasteiger partial charge on any atom is 0.253 e. The number of ether oxygens (including phenoxy) is 1. The summed E-state index contributed by atoms with van der Waals surface area (Å²) in [5, 5.41) is 9.31. The van der Waals surface area contributed by atoms with E-state index in [1.807, 2.05) is 28.6 Å². The van der Waals surface area contributed by atoms with Crippen LogP contribution in [0.15, 0.2) is 23.7 Å². The second-order valence-electron chi connectivity index (χ2n) is 7.42. The van der Waals surface area contributed by atoms with Gasteiger partial charge in [-0.1, -0.05) is 0 Å². The minimum absolute atomic E-state index is 0.111. The van der Waals surface area contributed by atoms with Crippen molar-refractivity contribution in [3.8, 4) is 0 Å². The lowest BCUT2D eigenvalue weighted by atomic mass is 9.86. The molecule has 146 valence electrons. The molecular weight excluding hydrogens is 362 g/mol. The summed E-state index contributed by atoms with van der Waals surface area (Å²) >= 11 is 1.57. The smallest absolute Gasteiger partial charge is 0.253 e. The minimum atomic E-state index is 0.111. The third-order valence-electron chi connectivity index (χ3n) is 5.81. The Balaban J connectivity index is 1.47. The first-order valence-electron chi connectivity index (χ1n) is 9.81. The van der Waals surface area contributed by atoms with E-state index in [0.29, 0.717) is 12.0 Å². The Morgan fingerprint density at radius 3 is 2.96 bits per heavy atom. The molecule has 2 aromatic rings. The van der Waals surface area contributed by atoms with Gasteiger partial charge in [0.15, 0.2) is 0 Å². The Morgan fingerprint density at radius 2 is 2.15 bits per heavy atom. The van der Waals surface area contributed by atoms with Crippen LogP contribution in [-0.4, -0.2) is 77.8 Å². The number of aromatic nitrogens is 1. The average molecular weight is 390 g/mol. The maximum atomic E-state index is 13.1. The molecule has 6 nitrogen and oxygen atoms in total. The van der Waals surface area contributed by atoms with Gasteiger partial charge >= 0.3 is 0 Å². The molecule has 0 radical (unpaired) electrons. The van der Waals surface area contributed by atoms with E-state index in [0.717, 1.165) is 74.4 Å². The van der Waals surface area contributed by atoms with Gasteiger partial charge in [0.05, 0.1) is 28.9 Å². The summed E-state index contributed by atoms with van der Waals surface area (Å²) in [7, 11) is 0. The zero-order valence-electron chi connectivity index (χ0n) is 15.5. The summed E-state index contributed by atoms with van der Waals surface area (Å²) in [4.78, 5) is 21.9. The van der Waals surface area contributed by atoms with Crippen molar-refractivity contribution in [2.24, 2.45) is 5.92 Å². The van der Waals surface area contributed by atoms with E-state index in [1.54, 1.807) is 11.3 Å². The molecule has 7 heteroatoms. The summed E-state index contributed by atoms with van der Waals surface area (Å²) < 4.78 is 6.56. The van der Waals surface area contributed by atoms with Crippen LogP contribution in [0.2, 0.25) is 0 Å². The number of hydrogen-bond donors (Lipinski definition) is 1. The van der Waals surface area contributed by atoms with E-state index in [1.165, 1.54) is 0 Å². The number of amides is 1. The molecule has 27 heavy (non-hydrogen) atoms. The summed E-state index contributed by atoms with van der Waals surface area (Å²) in [5.41, 5.74) is 3.51. The van der Waals surface area contributed by atoms with Crippen molar-refractivity contribution in [1.29, 1.82) is 0 Å². The second kappa shape index (κ2) is 8.65. The normalized spacial score (nSPS) is 24.4. The van der Waals surface area contributed by atoms with Crippen LogP contribution in [0.5, 0.6) is 0 Å². The zero-order chi connectivity index (χ0) is 18.6. The van der Waals surface area contributed by atoms with Gasteiger partial charge in [-0.15, -0.1) is 11.3 Å². The number of aliphatic hydroxyl groups is 1. The van der Waals surface area contributed by atoms with Gasteiger partial charge in [-0.2, -0.15) is 0 Å². The van der Waals surface area contributed by atoms with Crippen molar-refractivity contribution in [2.45, 2.75) is 25.3 Å². The first kappa shape index (κ1) is 18.8. The van der Waals surface area contributed by atoms with E-state index in [9.17, 15) is 9.90 Å². The molecule has 2 aliphatic rings. The molecule has 2 saturated heterocycles. The lowest BCUT2D eigenvalue weighted by Crippen LogP contribution is -2.55. The number of nitrogens with zero attached hydrogens (tertiary/aromatic N) is 3. The lowest BCUT2D eigenvalue weighted by molar-refractivity contribution is -0.0196. The number of piperidine rings is 1. The summed E-state index contributed by atoms with van der Waals surface area (Å²) in [5.74, 6) is 0.514. The topological polar surface area (TPSA) is 65.9 Å². The van der Waals surface area contributed by atoms with Gasteiger partial charge in [0, 0.05) is 44.4 Å². The Bertz CT molecular complexity index is 775. The van der Waals surface area contributed by atoms with Crippen molar-refractivity contribution in [3.63, 3.8) is 0 Å². The van der Waals surface area contributed by atoms with Crippen LogP contribution in [-0.2, 0) is 4.74 Å². The largest absolute Gasteiger partial charge is 0.396 e. The van der Waals surface area contributed by atoms with E-state index < -0.39 is 0 Å². The van der Waals surface area contributed by atoms with E-state index in [4.69, 9.17) is 4.74 Å². The second-order valence-corrected chi connectivity index (χ2v) is 8.30. The monoisotopic (exact) mass is 389 g/mol. The number of fused-ring (bicyclic) bond motifs is 1. The highest BCUT2D eigenvalue weighted by molar-refractivity contribution is 7.16. The fraction of sp³-hybridized carbons (Fsp3) is 0.600. The Hall–Kier alpha value is -1.54. The lowest BCUT2D eigenvalue weighted by Gasteiger charge is -2.45. The van der Waals surface area contributed by atoms with Crippen LogP contribution < -0.4 is 0 Å². The van der Waals surface area contributed by atoms with Crippen LogP contribution >= 0.6 is 11.3 Å². The van der Waals surface area contributed by atoms with E-state index in [-0.39, 0.29) is 12.5 Å². The minimum Gasteiger partial charge on any atom is -0.396 e. The number of benzene rings is 1. The Morgan fingerprint density at radius 1 is 1.30 bits per heavy atom. The van der Waals surface area contributed by atoms with Gasteiger partial charge in [-0.25, -0.2) is 4.98 Å². The number of thiazole rings is 1. The molecule has 3 heterocycles. The molecule has 0 aliphatic carbocycles. The number of carbonyl (C=O) groups excluding carboxylic acids is 1. The number of aliphatic hydroxyl groups excluding tert-OH is 1. The van der Waals surface area contributed by atoms with Crippen LogP contribution in [0.1, 0.15) is 29.6 Å². The average Bonchev–Trinajstić information content (AvgIpc) is 3.20. The highest BCUT2D eigenvalue weighted by Crippen LogP contribution is 2.28. The van der Waals surface area contributed by atoms with Gasteiger partial charge in [-0.3, -0.25) is 9.69 Å². The summed E-state index contributed by atoms with van der Waals surface area (Å²) in [6.07, 6.45) is 2.74. The molecule has 2 atom stereocenters. The third-order valence-corrected chi connectivity index (χ3v) is 6.60. The molecule has 0 spiro atoms. The van der Waals surface area contributed by atoms with Crippen molar-refractivity contribution >= 4 is 27.5 Å². The number of likely N-dealkylation sites (tertiary alicyclic amines) is 1. The molecule has 2 fully saturated rings. The maximum absolute atomic E-state index is 13.1. The quantitative estimate of drug-likeness (QED) is 0.850. The van der Waals surface area contributed by atoms with E-state index in [2.05, 4.69) is 9.88 Å². The summed E-state index contributed by atoms with van der Waals surface area (Å²) in [6, 6.07) is 6.27. The molecule has 4 rings (SSSR count). The molecule has 1 amide bonds. The SMILES string of the molecule is O=C(c1ccc2ncsc2c1)N1CC[C@H](N2CCOCC2)[C@H](CCCO)C1.